The van der Waals surface area contributed by atoms with E-state index in [0.717, 1.165) is 44.9 Å². The molecule has 2 heterocycles. The van der Waals surface area contributed by atoms with Gasteiger partial charge in [-0.1, -0.05) is 43.3 Å². The van der Waals surface area contributed by atoms with E-state index in [9.17, 15) is 20.4 Å². The first-order chi connectivity index (χ1) is 19.3. The summed E-state index contributed by atoms with van der Waals surface area (Å²) in [6, 6.07) is 14.1. The molecule has 8 nitrogen and oxygen atoms in total. The van der Waals surface area contributed by atoms with Gasteiger partial charge in [0.15, 0.2) is 12.6 Å². The lowest BCUT2D eigenvalue weighted by Gasteiger charge is -2.37. The van der Waals surface area contributed by atoms with Crippen molar-refractivity contribution in [1.82, 2.24) is 0 Å². The Kier molecular flexibility index (Phi) is 11.6. The quantitative estimate of drug-likeness (QED) is 0.236. The number of rotatable bonds is 13. The van der Waals surface area contributed by atoms with Crippen LogP contribution in [0, 0.1) is 0 Å². The van der Waals surface area contributed by atoms with Gasteiger partial charge in [-0.05, 0) is 70.4 Å². The number of ether oxygens (including phenoxy) is 4. The predicted molar refractivity (Wildman–Crippen MR) is 151 cm³/mol. The van der Waals surface area contributed by atoms with Crippen LogP contribution in [-0.2, 0) is 18.9 Å². The van der Waals surface area contributed by atoms with Gasteiger partial charge in [0.1, 0.15) is 11.5 Å². The topological polar surface area (TPSA) is 118 Å². The molecular formula is C32H46O8. The maximum absolute atomic E-state index is 10.9. The van der Waals surface area contributed by atoms with E-state index in [1.165, 1.54) is 0 Å². The molecule has 4 rings (SSSR count). The number of aromatic hydroxyl groups is 2. The van der Waals surface area contributed by atoms with Gasteiger partial charge in [0.2, 0.25) is 0 Å². The first-order valence-electron chi connectivity index (χ1n) is 14.9. The lowest BCUT2D eigenvalue weighted by atomic mass is 9.96. The highest BCUT2D eigenvalue weighted by Gasteiger charge is 2.34. The molecule has 4 N–H and O–H groups in total. The van der Waals surface area contributed by atoms with Crippen molar-refractivity contribution in [2.24, 2.45) is 0 Å². The molecule has 2 aromatic rings. The second kappa shape index (κ2) is 15.1. The zero-order valence-electron chi connectivity index (χ0n) is 23.7. The summed E-state index contributed by atoms with van der Waals surface area (Å²) in [7, 11) is 0. The first-order valence-corrected chi connectivity index (χ1v) is 14.9. The largest absolute Gasteiger partial charge is 0.507 e. The number of hydrogen-bond acceptors (Lipinski definition) is 8. The fraction of sp³-hybridized carbons (Fsp3) is 0.625. The van der Waals surface area contributed by atoms with Gasteiger partial charge >= 0.3 is 0 Å². The smallest absolute Gasteiger partial charge is 0.188 e. The Bertz CT molecular complexity index is 1030. The molecule has 0 bridgehead atoms. The molecule has 8 heteroatoms. The average molecular weight is 559 g/mol. The Labute approximate surface area is 237 Å². The summed E-state index contributed by atoms with van der Waals surface area (Å²) in [6.07, 6.45) is 4.92. The van der Waals surface area contributed by atoms with Crippen molar-refractivity contribution >= 4 is 0 Å². The van der Waals surface area contributed by atoms with Crippen molar-refractivity contribution in [1.29, 1.82) is 0 Å². The van der Waals surface area contributed by atoms with E-state index in [1.54, 1.807) is 37.3 Å². The minimum atomic E-state index is -0.648. The number of hydrogen-bond donors (Lipinski definition) is 4. The molecule has 2 fully saturated rings. The first kappa shape index (κ1) is 30.8. The zero-order chi connectivity index (χ0) is 28.5. The van der Waals surface area contributed by atoms with Gasteiger partial charge < -0.3 is 39.4 Å². The van der Waals surface area contributed by atoms with Gasteiger partial charge in [-0.3, -0.25) is 0 Å². The van der Waals surface area contributed by atoms with E-state index in [4.69, 9.17) is 18.9 Å². The summed E-state index contributed by atoms with van der Waals surface area (Å²) in [5.41, 5.74) is 1.23. The molecule has 0 aliphatic carbocycles. The number of phenolic OH excluding ortho intramolecular Hbond substituents is 2. The molecule has 0 amide bonds. The normalized spacial score (nSPS) is 28.7. The Morgan fingerprint density at radius 1 is 0.700 bits per heavy atom. The summed E-state index contributed by atoms with van der Waals surface area (Å²) in [5, 5.41) is 41.2. The molecule has 8 unspecified atom stereocenters. The van der Waals surface area contributed by atoms with Crippen LogP contribution in [0.2, 0.25) is 0 Å². The summed E-state index contributed by atoms with van der Waals surface area (Å²) < 4.78 is 24.7. The standard InChI is InChI=1S/C32H46O8/c1-3-23-19-26(40-31(37-23)27-14-4-6-16-29(27)35)18-22(34)11-9-13-25-20-24(12-8-10-21(2)33)38-32(39-25)28-15-5-7-17-30(28)36/h4-7,14-17,21-26,31-36H,3,8-13,18-20H2,1-2H3. The number of aliphatic hydroxyl groups is 2. The van der Waals surface area contributed by atoms with Crippen LogP contribution in [0.25, 0.3) is 0 Å². The third-order valence-electron chi connectivity index (χ3n) is 7.90. The third kappa shape index (κ3) is 8.90. The van der Waals surface area contributed by atoms with Crippen LogP contribution in [0.1, 0.15) is 102 Å². The average Bonchev–Trinajstić information content (AvgIpc) is 2.93. The van der Waals surface area contributed by atoms with Crippen molar-refractivity contribution in [2.75, 3.05) is 0 Å². The van der Waals surface area contributed by atoms with E-state index >= 15 is 0 Å². The van der Waals surface area contributed by atoms with Crippen LogP contribution in [0.5, 0.6) is 11.5 Å². The van der Waals surface area contributed by atoms with Crippen molar-refractivity contribution < 1.29 is 39.4 Å². The second-order valence-corrected chi connectivity index (χ2v) is 11.3. The van der Waals surface area contributed by atoms with E-state index in [2.05, 4.69) is 6.92 Å². The number of aliphatic hydroxyl groups excluding tert-OH is 2. The van der Waals surface area contributed by atoms with Gasteiger partial charge in [-0.2, -0.15) is 0 Å². The van der Waals surface area contributed by atoms with Crippen molar-refractivity contribution in [3.8, 4) is 11.5 Å². The lowest BCUT2D eigenvalue weighted by Crippen LogP contribution is -2.36. The van der Waals surface area contributed by atoms with Crippen molar-refractivity contribution in [2.45, 2.75) is 127 Å². The highest BCUT2D eigenvalue weighted by atomic mass is 16.7. The van der Waals surface area contributed by atoms with Gasteiger partial charge in [0.25, 0.3) is 0 Å². The molecule has 0 spiro atoms. The Morgan fingerprint density at radius 2 is 1.18 bits per heavy atom. The van der Waals surface area contributed by atoms with E-state index in [-0.39, 0.29) is 42.0 Å². The summed E-state index contributed by atoms with van der Waals surface area (Å²) in [5.74, 6) is 0.293. The maximum Gasteiger partial charge on any atom is 0.188 e. The Balaban J connectivity index is 1.29. The van der Waals surface area contributed by atoms with Crippen LogP contribution in [0.15, 0.2) is 48.5 Å². The molecule has 0 radical (unpaired) electrons. The van der Waals surface area contributed by atoms with E-state index in [0.29, 0.717) is 30.4 Å². The minimum absolute atomic E-state index is 0.00304. The van der Waals surface area contributed by atoms with Crippen LogP contribution < -0.4 is 0 Å². The molecule has 2 aromatic carbocycles. The zero-order valence-corrected chi connectivity index (χ0v) is 23.7. The summed E-state index contributed by atoms with van der Waals surface area (Å²) >= 11 is 0. The number of phenols is 2. The Hall–Kier alpha value is -2.20. The predicted octanol–water partition coefficient (Wildman–Crippen LogP) is 6.03. The van der Waals surface area contributed by atoms with Crippen LogP contribution >= 0.6 is 0 Å². The van der Waals surface area contributed by atoms with Gasteiger partial charge in [-0.15, -0.1) is 0 Å². The molecule has 2 aliphatic heterocycles. The number of benzene rings is 2. The highest BCUT2D eigenvalue weighted by Crippen LogP contribution is 2.38. The molecule has 40 heavy (non-hydrogen) atoms. The van der Waals surface area contributed by atoms with Crippen LogP contribution in [0.3, 0.4) is 0 Å². The summed E-state index contributed by atoms with van der Waals surface area (Å²) in [6.45, 7) is 3.86. The van der Waals surface area contributed by atoms with Crippen molar-refractivity contribution in [3.63, 3.8) is 0 Å². The van der Waals surface area contributed by atoms with E-state index < -0.39 is 18.7 Å². The molecule has 8 atom stereocenters. The molecule has 0 aromatic heterocycles. The number of para-hydroxylation sites is 2. The van der Waals surface area contributed by atoms with Crippen molar-refractivity contribution in [3.05, 3.63) is 59.7 Å². The molecule has 2 aliphatic rings. The van der Waals surface area contributed by atoms with Crippen LogP contribution in [0.4, 0.5) is 0 Å². The van der Waals surface area contributed by atoms with E-state index in [1.807, 2.05) is 18.2 Å². The summed E-state index contributed by atoms with van der Waals surface area (Å²) in [4.78, 5) is 0. The van der Waals surface area contributed by atoms with Gasteiger partial charge in [0, 0.05) is 24.0 Å². The SMILES string of the molecule is CCC1CC(CC(O)CCCC2CC(CCCC(C)O)OC(c3ccccc3O)O2)OC(c2ccccc2O)O1. The molecular weight excluding hydrogens is 512 g/mol. The van der Waals surface area contributed by atoms with Gasteiger partial charge in [-0.25, -0.2) is 0 Å². The van der Waals surface area contributed by atoms with Gasteiger partial charge in [0.05, 0.1) is 36.6 Å². The maximum atomic E-state index is 10.9. The van der Waals surface area contributed by atoms with Crippen LogP contribution in [-0.4, -0.2) is 57.0 Å². The molecule has 2 saturated heterocycles. The third-order valence-corrected chi connectivity index (χ3v) is 7.90. The Morgan fingerprint density at radius 3 is 1.70 bits per heavy atom. The molecule has 0 saturated carbocycles. The second-order valence-electron chi connectivity index (χ2n) is 11.3. The molecule has 222 valence electrons. The fourth-order valence-electron chi connectivity index (χ4n) is 5.67. The minimum Gasteiger partial charge on any atom is -0.507 e. The monoisotopic (exact) mass is 558 g/mol. The fourth-order valence-corrected chi connectivity index (χ4v) is 5.67. The lowest BCUT2D eigenvalue weighted by molar-refractivity contribution is -0.253. The highest BCUT2D eigenvalue weighted by molar-refractivity contribution is 5.33.